The second kappa shape index (κ2) is 7.52. The van der Waals surface area contributed by atoms with Crippen molar-refractivity contribution in [3.63, 3.8) is 0 Å². The largest absolute Gasteiger partial charge is 0.482 e. The van der Waals surface area contributed by atoms with Crippen LogP contribution in [0.3, 0.4) is 0 Å². The summed E-state index contributed by atoms with van der Waals surface area (Å²) in [6.07, 6.45) is 1.25. The van der Waals surface area contributed by atoms with E-state index < -0.39 is 4.92 Å². The normalized spacial score (nSPS) is 9.46. The molecule has 0 radical (unpaired) electrons. The van der Waals surface area contributed by atoms with Crippen LogP contribution in [0.2, 0.25) is 0 Å². The molecule has 0 amide bonds. The molecule has 0 saturated heterocycles. The van der Waals surface area contributed by atoms with Crippen molar-refractivity contribution in [3.8, 4) is 17.9 Å². The van der Waals surface area contributed by atoms with E-state index in [4.69, 9.17) is 15.3 Å². The highest BCUT2D eigenvalue weighted by Crippen LogP contribution is 2.29. The van der Waals surface area contributed by atoms with E-state index in [1.807, 2.05) is 0 Å². The van der Waals surface area contributed by atoms with Gasteiger partial charge >= 0.3 is 5.69 Å². The van der Waals surface area contributed by atoms with Crippen molar-refractivity contribution in [2.45, 2.75) is 6.61 Å². The molecule has 0 spiro atoms. The maximum absolute atomic E-state index is 12.8. The molecule has 0 aliphatic rings. The Morgan fingerprint density at radius 1 is 1.21 bits per heavy atom. The molecule has 0 aliphatic heterocycles. The summed E-state index contributed by atoms with van der Waals surface area (Å²) >= 11 is 0. The Labute approximate surface area is 136 Å². The van der Waals surface area contributed by atoms with E-state index in [0.29, 0.717) is 11.1 Å². The van der Waals surface area contributed by atoms with E-state index in [0.717, 1.165) is 0 Å². The minimum absolute atomic E-state index is 0.0388. The number of hydrogen-bond acceptors (Lipinski definition) is 5. The Hall–Kier alpha value is -3.71. The van der Waals surface area contributed by atoms with Crippen molar-refractivity contribution in [2.75, 3.05) is 0 Å². The van der Waals surface area contributed by atoms with Crippen LogP contribution < -0.4 is 4.74 Å². The Balaban J connectivity index is 2.25. The molecule has 2 aromatic rings. The van der Waals surface area contributed by atoms with E-state index in [9.17, 15) is 14.5 Å². The highest BCUT2D eigenvalue weighted by Gasteiger charge is 2.16. The SMILES string of the molecule is N#CC(C#N)=Cc1ccc(OCc2ccc(F)cc2)c([N+](=O)[O-])c1. The lowest BCUT2D eigenvalue weighted by molar-refractivity contribution is -0.386. The zero-order valence-electron chi connectivity index (χ0n) is 12.3. The molecule has 0 heterocycles. The Bertz CT molecular complexity index is 861. The van der Waals surface area contributed by atoms with Crippen molar-refractivity contribution in [3.05, 3.63) is 75.1 Å². The van der Waals surface area contributed by atoms with E-state index in [-0.39, 0.29) is 29.4 Å². The smallest absolute Gasteiger partial charge is 0.311 e. The zero-order chi connectivity index (χ0) is 17.5. The van der Waals surface area contributed by atoms with Crippen LogP contribution in [-0.2, 0) is 6.61 Å². The third kappa shape index (κ3) is 4.15. The highest BCUT2D eigenvalue weighted by molar-refractivity contribution is 5.65. The molecule has 2 rings (SSSR count). The first-order chi connectivity index (χ1) is 11.5. The van der Waals surface area contributed by atoms with Crippen molar-refractivity contribution < 1.29 is 14.1 Å². The summed E-state index contributed by atoms with van der Waals surface area (Å²) in [5.41, 5.74) is 0.546. The minimum atomic E-state index is -0.615. The van der Waals surface area contributed by atoms with Crippen LogP contribution in [0.5, 0.6) is 5.75 Å². The maximum Gasteiger partial charge on any atom is 0.311 e. The summed E-state index contributed by atoms with van der Waals surface area (Å²) in [6.45, 7) is 0.0396. The van der Waals surface area contributed by atoms with Crippen molar-refractivity contribution in [1.82, 2.24) is 0 Å². The predicted octanol–water partition coefficient (Wildman–Crippen LogP) is 3.74. The number of allylic oxidation sites excluding steroid dienone is 1. The maximum atomic E-state index is 12.8. The fraction of sp³-hybridized carbons (Fsp3) is 0.0588. The average molecular weight is 323 g/mol. The molecular weight excluding hydrogens is 313 g/mol. The molecular formula is C17H10FN3O3. The summed E-state index contributed by atoms with van der Waals surface area (Å²) in [7, 11) is 0. The van der Waals surface area contributed by atoms with Gasteiger partial charge in [-0.2, -0.15) is 10.5 Å². The van der Waals surface area contributed by atoms with Crippen LogP contribution in [-0.4, -0.2) is 4.92 Å². The number of halogens is 1. The first-order valence-corrected chi connectivity index (χ1v) is 6.71. The molecule has 0 aromatic heterocycles. The molecule has 118 valence electrons. The van der Waals surface area contributed by atoms with Gasteiger partial charge in [0.2, 0.25) is 0 Å². The van der Waals surface area contributed by atoms with Gasteiger partial charge in [-0.15, -0.1) is 0 Å². The lowest BCUT2D eigenvalue weighted by Crippen LogP contribution is -1.99. The lowest BCUT2D eigenvalue weighted by atomic mass is 10.1. The molecule has 0 atom stereocenters. The Kier molecular flexibility index (Phi) is 5.22. The van der Waals surface area contributed by atoms with E-state index >= 15 is 0 Å². The first kappa shape index (κ1) is 16.7. The number of nitro groups is 1. The van der Waals surface area contributed by atoms with Crippen LogP contribution in [0.15, 0.2) is 48.0 Å². The average Bonchev–Trinajstić information content (AvgIpc) is 2.59. The fourth-order valence-electron chi connectivity index (χ4n) is 1.89. The number of hydrogen-bond donors (Lipinski definition) is 0. The summed E-state index contributed by atoms with van der Waals surface area (Å²) in [4.78, 5) is 10.6. The molecule has 0 N–H and O–H groups in total. The van der Waals surface area contributed by atoms with Gasteiger partial charge in [-0.3, -0.25) is 10.1 Å². The minimum Gasteiger partial charge on any atom is -0.482 e. The van der Waals surface area contributed by atoms with E-state index in [1.165, 1.54) is 48.5 Å². The van der Waals surface area contributed by atoms with Crippen LogP contribution in [0.1, 0.15) is 11.1 Å². The first-order valence-electron chi connectivity index (χ1n) is 6.71. The van der Waals surface area contributed by atoms with Crippen molar-refractivity contribution >= 4 is 11.8 Å². The molecule has 0 bridgehead atoms. The standard InChI is InChI=1S/C17H10FN3O3/c18-15-4-1-12(2-5-15)11-24-17-6-3-13(7-14(9-19)10-20)8-16(17)21(22)23/h1-8H,11H2. The molecule has 2 aromatic carbocycles. The Morgan fingerprint density at radius 2 is 1.88 bits per heavy atom. The third-order valence-electron chi connectivity index (χ3n) is 3.04. The molecule has 0 aliphatic carbocycles. The lowest BCUT2D eigenvalue weighted by Gasteiger charge is -2.07. The molecule has 24 heavy (non-hydrogen) atoms. The van der Waals surface area contributed by atoms with Gasteiger partial charge < -0.3 is 4.74 Å². The Morgan fingerprint density at radius 3 is 2.46 bits per heavy atom. The van der Waals surface area contributed by atoms with E-state index in [1.54, 1.807) is 12.1 Å². The number of nitro benzene ring substituents is 1. The van der Waals surface area contributed by atoms with Gasteiger partial charge in [0.15, 0.2) is 5.75 Å². The van der Waals surface area contributed by atoms with E-state index in [2.05, 4.69) is 0 Å². The summed E-state index contributed by atoms with van der Waals surface area (Å²) in [6, 6.07) is 13.1. The number of nitriles is 2. The van der Waals surface area contributed by atoms with Gasteiger partial charge in [0.1, 0.15) is 30.1 Å². The summed E-state index contributed by atoms with van der Waals surface area (Å²) in [5, 5.41) is 28.6. The number of nitrogens with zero attached hydrogens (tertiary/aromatic N) is 3. The molecule has 0 fully saturated rings. The van der Waals surface area contributed by atoms with Crippen molar-refractivity contribution in [2.24, 2.45) is 0 Å². The predicted molar refractivity (Wildman–Crippen MR) is 83.0 cm³/mol. The summed E-state index contributed by atoms with van der Waals surface area (Å²) < 4.78 is 18.3. The van der Waals surface area contributed by atoms with Gasteiger partial charge in [-0.05, 0) is 35.4 Å². The van der Waals surface area contributed by atoms with Crippen LogP contribution >= 0.6 is 0 Å². The number of rotatable bonds is 5. The van der Waals surface area contributed by atoms with Crippen LogP contribution in [0, 0.1) is 38.6 Å². The number of benzene rings is 2. The second-order valence-electron chi connectivity index (χ2n) is 4.68. The number of ether oxygens (including phenoxy) is 1. The van der Waals surface area contributed by atoms with Gasteiger partial charge in [-0.1, -0.05) is 18.2 Å². The van der Waals surface area contributed by atoms with Gasteiger partial charge in [0, 0.05) is 6.07 Å². The fourth-order valence-corrected chi connectivity index (χ4v) is 1.89. The van der Waals surface area contributed by atoms with Crippen molar-refractivity contribution in [1.29, 1.82) is 10.5 Å². The highest BCUT2D eigenvalue weighted by atomic mass is 19.1. The molecule has 0 unspecified atom stereocenters. The van der Waals surface area contributed by atoms with Gasteiger partial charge in [-0.25, -0.2) is 4.39 Å². The molecule has 0 saturated carbocycles. The summed E-state index contributed by atoms with van der Waals surface area (Å²) in [5.74, 6) is -0.344. The molecule has 6 nitrogen and oxygen atoms in total. The topological polar surface area (TPSA) is 100.0 Å². The van der Waals surface area contributed by atoms with Crippen LogP contribution in [0.4, 0.5) is 10.1 Å². The monoisotopic (exact) mass is 323 g/mol. The van der Waals surface area contributed by atoms with Crippen LogP contribution in [0.25, 0.3) is 6.08 Å². The molecule has 7 heteroatoms. The third-order valence-corrected chi connectivity index (χ3v) is 3.04. The zero-order valence-corrected chi connectivity index (χ0v) is 12.3. The van der Waals surface area contributed by atoms with Gasteiger partial charge in [0.25, 0.3) is 0 Å². The van der Waals surface area contributed by atoms with Gasteiger partial charge in [0.05, 0.1) is 4.92 Å². The second-order valence-corrected chi connectivity index (χ2v) is 4.68. The quantitative estimate of drug-likeness (QED) is 0.474.